The number of hydrogen-bond acceptors (Lipinski definition) is 12. The van der Waals surface area contributed by atoms with Crippen LogP contribution in [0.25, 0.3) is 11.1 Å². The lowest BCUT2D eigenvalue weighted by Crippen LogP contribution is -2.28. The summed E-state index contributed by atoms with van der Waals surface area (Å²) in [5, 5.41) is 45.6. The Bertz CT molecular complexity index is 2430. The van der Waals surface area contributed by atoms with Gasteiger partial charge in [-0.1, -0.05) is 72.8 Å². The Morgan fingerprint density at radius 1 is 0.455 bits per heavy atom. The van der Waals surface area contributed by atoms with E-state index in [1.54, 1.807) is 24.3 Å². The number of carbonyl (C=O) groups excluding carboxylic acids is 2. The van der Waals surface area contributed by atoms with Gasteiger partial charge >= 0.3 is 11.9 Å². The van der Waals surface area contributed by atoms with Gasteiger partial charge in [0.25, 0.3) is 22.7 Å². The lowest BCUT2D eigenvalue weighted by atomic mass is 9.68. The van der Waals surface area contributed by atoms with Gasteiger partial charge in [-0.3, -0.25) is 40.5 Å². The molecule has 1 aliphatic rings. The van der Waals surface area contributed by atoms with Crippen molar-refractivity contribution in [1.82, 2.24) is 0 Å². The first-order chi connectivity index (χ1) is 26.4. The molecule has 16 heteroatoms. The molecular formula is C39H22N4O12. The van der Waals surface area contributed by atoms with Crippen LogP contribution in [0.3, 0.4) is 0 Å². The van der Waals surface area contributed by atoms with Crippen molar-refractivity contribution >= 4 is 34.7 Å². The molecule has 0 aliphatic heterocycles. The summed E-state index contributed by atoms with van der Waals surface area (Å²) < 4.78 is 11.0. The number of carbonyl (C=O) groups is 2. The highest BCUT2D eigenvalue weighted by molar-refractivity contribution is 5.96. The monoisotopic (exact) mass is 738 g/mol. The van der Waals surface area contributed by atoms with Crippen molar-refractivity contribution in [2.75, 3.05) is 0 Å². The Morgan fingerprint density at radius 2 is 0.818 bits per heavy atom. The summed E-state index contributed by atoms with van der Waals surface area (Å²) in [7, 11) is 0. The first kappa shape index (κ1) is 35.3. The number of ether oxygens (including phenoxy) is 2. The lowest BCUT2D eigenvalue weighted by molar-refractivity contribution is -0.394. The van der Waals surface area contributed by atoms with Crippen LogP contribution in [-0.2, 0) is 5.41 Å². The largest absolute Gasteiger partial charge is 0.423 e. The average molecular weight is 739 g/mol. The Labute approximate surface area is 308 Å². The molecule has 1 aliphatic carbocycles. The zero-order valence-electron chi connectivity index (χ0n) is 27.9. The third-order valence-electron chi connectivity index (χ3n) is 9.17. The molecule has 0 saturated carbocycles. The lowest BCUT2D eigenvalue weighted by Gasteiger charge is -2.34. The SMILES string of the molecule is O=C(Oc1ccc(C2(c3ccc(OC(=O)c4ccc([N+](=O)[O-])cc4[N+](=O)[O-])cc3)c3ccccc3-c3ccccc32)cc1)c1ccc([N+](=O)[O-])cc1[N+](=O)[O-]. The third-order valence-corrected chi connectivity index (χ3v) is 9.17. The molecule has 0 atom stereocenters. The fourth-order valence-electron chi connectivity index (χ4n) is 6.81. The van der Waals surface area contributed by atoms with E-state index in [9.17, 15) is 50.0 Å². The predicted octanol–water partition coefficient (Wildman–Crippen LogP) is 8.12. The van der Waals surface area contributed by atoms with Crippen molar-refractivity contribution in [2.24, 2.45) is 0 Å². The van der Waals surface area contributed by atoms with Crippen LogP contribution in [0.1, 0.15) is 43.0 Å². The maximum atomic E-state index is 13.1. The van der Waals surface area contributed by atoms with Gasteiger partial charge in [-0.25, -0.2) is 9.59 Å². The Balaban J connectivity index is 1.26. The van der Waals surface area contributed by atoms with Gasteiger partial charge in [-0.15, -0.1) is 0 Å². The fraction of sp³-hybridized carbons (Fsp3) is 0.0256. The van der Waals surface area contributed by atoms with E-state index in [0.29, 0.717) is 12.1 Å². The summed E-state index contributed by atoms with van der Waals surface area (Å²) in [4.78, 5) is 68.3. The van der Waals surface area contributed by atoms with E-state index in [0.717, 1.165) is 57.6 Å². The van der Waals surface area contributed by atoms with Gasteiger partial charge in [-0.2, -0.15) is 0 Å². The van der Waals surface area contributed by atoms with Gasteiger partial charge in [0.05, 0.1) is 37.2 Å². The van der Waals surface area contributed by atoms with Gasteiger partial charge in [0.2, 0.25) is 0 Å². The quantitative estimate of drug-likeness (QED) is 0.0561. The molecule has 0 aromatic heterocycles. The van der Waals surface area contributed by atoms with Gasteiger partial charge in [0.1, 0.15) is 22.6 Å². The molecular weight excluding hydrogens is 716 g/mol. The number of rotatable bonds is 10. The number of nitro groups is 4. The Hall–Kier alpha value is -8.14. The molecule has 0 spiro atoms. The normalized spacial score (nSPS) is 12.1. The van der Waals surface area contributed by atoms with Gasteiger partial charge < -0.3 is 9.47 Å². The summed E-state index contributed by atoms with van der Waals surface area (Å²) in [6.07, 6.45) is 0. The fourth-order valence-corrected chi connectivity index (χ4v) is 6.81. The summed E-state index contributed by atoms with van der Waals surface area (Å²) in [5.74, 6) is -2.10. The van der Waals surface area contributed by atoms with E-state index in [-0.39, 0.29) is 11.5 Å². The second kappa shape index (κ2) is 13.8. The number of esters is 2. The van der Waals surface area contributed by atoms with Crippen molar-refractivity contribution in [3.63, 3.8) is 0 Å². The van der Waals surface area contributed by atoms with Crippen molar-refractivity contribution in [3.05, 3.63) is 207 Å². The minimum Gasteiger partial charge on any atom is -0.423 e. The molecule has 0 bridgehead atoms. The van der Waals surface area contributed by atoms with Crippen LogP contribution in [0.15, 0.2) is 133 Å². The van der Waals surface area contributed by atoms with Crippen molar-refractivity contribution in [3.8, 4) is 22.6 Å². The van der Waals surface area contributed by atoms with E-state index >= 15 is 0 Å². The number of hydrogen-bond donors (Lipinski definition) is 0. The average Bonchev–Trinajstić information content (AvgIpc) is 3.49. The number of nitrogens with zero attached hydrogens (tertiary/aromatic N) is 4. The summed E-state index contributed by atoms with van der Waals surface area (Å²) >= 11 is 0. The van der Waals surface area contributed by atoms with Crippen LogP contribution in [0.2, 0.25) is 0 Å². The van der Waals surface area contributed by atoms with Crippen molar-refractivity contribution in [2.45, 2.75) is 5.41 Å². The molecule has 16 nitrogen and oxygen atoms in total. The van der Waals surface area contributed by atoms with E-state index in [1.807, 2.05) is 48.5 Å². The number of non-ortho nitro benzene ring substituents is 2. The topological polar surface area (TPSA) is 225 Å². The van der Waals surface area contributed by atoms with Crippen LogP contribution >= 0.6 is 0 Å². The second-order valence-electron chi connectivity index (χ2n) is 12.1. The first-order valence-electron chi connectivity index (χ1n) is 16.1. The zero-order valence-corrected chi connectivity index (χ0v) is 27.9. The highest BCUT2D eigenvalue weighted by Gasteiger charge is 2.46. The molecule has 0 fully saturated rings. The van der Waals surface area contributed by atoms with Crippen molar-refractivity contribution in [1.29, 1.82) is 0 Å². The standard InChI is InChI=1S/C39H22N4O12/c44-37(31-19-13-25(40(46)47)21-35(31)42(50)51)54-27-15-9-23(10-16-27)39(33-7-3-1-5-29(33)30-6-2-4-8-34(30)39)24-11-17-28(18-12-24)55-38(45)32-20-14-26(41(48)49)22-36(32)43(52)53/h1-22H. The molecule has 0 saturated heterocycles. The zero-order chi connectivity index (χ0) is 39.0. The predicted molar refractivity (Wildman–Crippen MR) is 193 cm³/mol. The Kier molecular flexibility index (Phi) is 8.83. The summed E-state index contributed by atoms with van der Waals surface area (Å²) in [6.45, 7) is 0. The molecule has 6 aromatic carbocycles. The van der Waals surface area contributed by atoms with E-state index < -0.39 is 70.9 Å². The second-order valence-corrected chi connectivity index (χ2v) is 12.1. The van der Waals surface area contributed by atoms with E-state index in [1.165, 1.54) is 24.3 Å². The van der Waals surface area contributed by atoms with Gasteiger partial charge in [-0.05, 0) is 69.8 Å². The third kappa shape index (κ3) is 6.14. The molecule has 0 radical (unpaired) electrons. The van der Waals surface area contributed by atoms with Gasteiger partial charge in [0.15, 0.2) is 0 Å². The maximum absolute atomic E-state index is 13.1. The van der Waals surface area contributed by atoms with Crippen LogP contribution in [0.5, 0.6) is 11.5 Å². The molecule has 55 heavy (non-hydrogen) atoms. The molecule has 270 valence electrons. The van der Waals surface area contributed by atoms with Crippen LogP contribution in [-0.4, -0.2) is 31.6 Å². The van der Waals surface area contributed by atoms with E-state index in [4.69, 9.17) is 9.47 Å². The number of nitro benzene ring substituents is 4. The summed E-state index contributed by atoms with van der Waals surface area (Å²) in [6, 6.07) is 33.7. The molecule has 0 heterocycles. The van der Waals surface area contributed by atoms with Crippen molar-refractivity contribution < 1.29 is 38.8 Å². The highest BCUT2D eigenvalue weighted by atomic mass is 16.6. The molecule has 0 unspecified atom stereocenters. The van der Waals surface area contributed by atoms with Crippen LogP contribution in [0, 0.1) is 40.5 Å². The highest BCUT2D eigenvalue weighted by Crippen LogP contribution is 2.56. The molecule has 0 amide bonds. The summed E-state index contributed by atoms with van der Waals surface area (Å²) in [5.41, 5.74) is 0.508. The molecule has 7 rings (SSSR count). The minimum atomic E-state index is -1.09. The number of fused-ring (bicyclic) bond motifs is 3. The van der Waals surface area contributed by atoms with Crippen LogP contribution < -0.4 is 9.47 Å². The first-order valence-corrected chi connectivity index (χ1v) is 16.1. The smallest absolute Gasteiger partial charge is 0.350 e. The van der Waals surface area contributed by atoms with Gasteiger partial charge in [0, 0.05) is 12.1 Å². The van der Waals surface area contributed by atoms with E-state index in [2.05, 4.69) is 0 Å². The number of benzene rings is 6. The van der Waals surface area contributed by atoms with Crippen LogP contribution in [0.4, 0.5) is 22.7 Å². The Morgan fingerprint density at radius 3 is 1.16 bits per heavy atom. The minimum absolute atomic E-state index is 0.0405. The maximum Gasteiger partial charge on any atom is 0.350 e. The molecule has 6 aromatic rings. The molecule has 0 N–H and O–H groups in total.